The van der Waals surface area contributed by atoms with Crippen molar-refractivity contribution in [2.75, 3.05) is 0 Å². The molecule has 0 unspecified atom stereocenters. The third-order valence-electron chi connectivity index (χ3n) is 1.53. The van der Waals surface area contributed by atoms with E-state index in [1.807, 2.05) is 0 Å². The highest BCUT2D eigenvalue weighted by Crippen LogP contribution is 2.14. The van der Waals surface area contributed by atoms with Crippen molar-refractivity contribution in [1.29, 1.82) is 0 Å². The molecule has 0 bridgehead atoms. The monoisotopic (exact) mass is 252 g/mol. The van der Waals surface area contributed by atoms with Gasteiger partial charge in [-0.15, -0.1) is 0 Å². The first-order valence-electron chi connectivity index (χ1n) is 3.73. The van der Waals surface area contributed by atoms with Crippen LogP contribution in [-0.2, 0) is 6.54 Å². The molecule has 1 aromatic heterocycles. The average Bonchev–Trinajstić information content (AvgIpc) is 2.19. The first-order valence-corrected chi connectivity index (χ1v) is 4.92. The Morgan fingerprint density at radius 1 is 1.64 bits per heavy atom. The summed E-state index contributed by atoms with van der Waals surface area (Å²) in [5.74, 6) is 0. The lowest BCUT2D eigenvalue weighted by Gasteiger charge is -2.04. The predicted molar refractivity (Wildman–Crippen MR) is 58.1 cm³/mol. The van der Waals surface area contributed by atoms with Gasteiger partial charge in [0.1, 0.15) is 5.02 Å². The number of allylic oxidation sites excluding steroid dienone is 1. The summed E-state index contributed by atoms with van der Waals surface area (Å²) < 4.78 is 1.20. The van der Waals surface area contributed by atoms with Crippen molar-refractivity contribution in [1.82, 2.24) is 9.78 Å². The fraction of sp³-hybridized carbons (Fsp3) is 0.250. The van der Waals surface area contributed by atoms with Crippen LogP contribution in [-0.4, -0.2) is 9.78 Å². The molecule has 0 saturated carbocycles. The first kappa shape index (κ1) is 11.6. The number of hydrogen-bond donors (Lipinski definition) is 0. The Kier molecular flexibility index (Phi) is 3.98. The third kappa shape index (κ3) is 2.50. The molecule has 0 aromatic carbocycles. The van der Waals surface area contributed by atoms with Crippen molar-refractivity contribution in [3.05, 3.63) is 37.7 Å². The maximum absolute atomic E-state index is 11.5. The lowest BCUT2D eigenvalue weighted by Crippen LogP contribution is -2.23. The van der Waals surface area contributed by atoms with Crippen molar-refractivity contribution < 1.29 is 0 Å². The van der Waals surface area contributed by atoms with Gasteiger partial charge in [0.15, 0.2) is 0 Å². The molecular formula is C8H7Cl3N2O. The maximum Gasteiger partial charge on any atom is 0.287 e. The molecule has 3 nitrogen and oxygen atoms in total. The first-order chi connectivity index (χ1) is 6.56. The van der Waals surface area contributed by atoms with Crippen molar-refractivity contribution >= 4 is 34.8 Å². The summed E-state index contributed by atoms with van der Waals surface area (Å²) in [6.45, 7) is 2.09. The number of halogens is 3. The molecule has 0 N–H and O–H groups in total. The van der Waals surface area contributed by atoms with E-state index < -0.39 is 5.56 Å². The Labute approximate surface area is 95.9 Å². The molecule has 0 atom stereocenters. The van der Waals surface area contributed by atoms with E-state index in [4.69, 9.17) is 34.8 Å². The van der Waals surface area contributed by atoms with Gasteiger partial charge in [-0.2, -0.15) is 5.10 Å². The summed E-state index contributed by atoms with van der Waals surface area (Å²) >= 11 is 16.7. The van der Waals surface area contributed by atoms with Crippen molar-refractivity contribution in [3.63, 3.8) is 0 Å². The Hall–Kier alpha value is -0.510. The van der Waals surface area contributed by atoms with Gasteiger partial charge in [0.2, 0.25) is 0 Å². The normalized spacial score (nSPS) is 11.9. The van der Waals surface area contributed by atoms with Crippen LogP contribution < -0.4 is 5.56 Å². The van der Waals surface area contributed by atoms with Gasteiger partial charge in [0.25, 0.3) is 5.56 Å². The molecule has 14 heavy (non-hydrogen) atoms. The smallest absolute Gasteiger partial charge is 0.266 e. The van der Waals surface area contributed by atoms with Crippen molar-refractivity contribution in [2.24, 2.45) is 0 Å². The molecule has 76 valence electrons. The Bertz CT molecular complexity index is 425. The average molecular weight is 254 g/mol. The molecular weight excluding hydrogens is 246 g/mol. The minimum absolute atomic E-state index is 0.0240. The lowest BCUT2D eigenvalue weighted by atomic mass is 10.3. The molecule has 1 heterocycles. The van der Waals surface area contributed by atoms with E-state index in [2.05, 4.69) is 5.10 Å². The van der Waals surface area contributed by atoms with E-state index in [-0.39, 0.29) is 10.0 Å². The zero-order valence-corrected chi connectivity index (χ0v) is 9.57. The van der Waals surface area contributed by atoms with Gasteiger partial charge >= 0.3 is 0 Å². The van der Waals surface area contributed by atoms with Crippen LogP contribution in [0.4, 0.5) is 0 Å². The number of rotatable bonds is 2. The Morgan fingerprint density at radius 3 is 2.86 bits per heavy atom. The Balaban J connectivity index is 3.13. The van der Waals surface area contributed by atoms with Gasteiger partial charge in [-0.3, -0.25) is 4.79 Å². The molecule has 0 saturated heterocycles. The molecule has 0 radical (unpaired) electrons. The highest BCUT2D eigenvalue weighted by molar-refractivity contribution is 6.41. The second kappa shape index (κ2) is 4.82. The van der Waals surface area contributed by atoms with Crippen LogP contribution in [0.15, 0.2) is 22.1 Å². The van der Waals surface area contributed by atoms with Crippen LogP contribution in [0.2, 0.25) is 10.0 Å². The van der Waals surface area contributed by atoms with Gasteiger partial charge in [-0.05, 0) is 12.5 Å². The molecule has 0 amide bonds. The number of aromatic nitrogens is 2. The second-order valence-corrected chi connectivity index (χ2v) is 3.73. The standard InChI is InChI=1S/C8H7Cl3N2O/c1-5(2-9)4-13-8(14)7(11)6(10)3-12-13/h2-3H,4H2,1H3/b5-2+. The SMILES string of the molecule is C/C(=C\Cl)Cn1ncc(Cl)c(Cl)c1=O. The van der Waals surface area contributed by atoms with Gasteiger partial charge in [-0.25, -0.2) is 4.68 Å². The topological polar surface area (TPSA) is 34.9 Å². The van der Waals surface area contributed by atoms with E-state index in [9.17, 15) is 4.79 Å². The van der Waals surface area contributed by atoms with E-state index in [0.29, 0.717) is 6.54 Å². The molecule has 0 fully saturated rings. The van der Waals surface area contributed by atoms with Crippen LogP contribution in [0.3, 0.4) is 0 Å². The quantitative estimate of drug-likeness (QED) is 0.812. The van der Waals surface area contributed by atoms with Crippen LogP contribution >= 0.6 is 34.8 Å². The van der Waals surface area contributed by atoms with E-state index >= 15 is 0 Å². The van der Waals surface area contributed by atoms with Crippen LogP contribution in [0.5, 0.6) is 0 Å². The van der Waals surface area contributed by atoms with E-state index in [1.165, 1.54) is 16.4 Å². The third-order valence-corrected chi connectivity index (χ3v) is 2.65. The molecule has 1 rings (SSSR count). The van der Waals surface area contributed by atoms with E-state index in [0.717, 1.165) is 5.57 Å². The lowest BCUT2D eigenvalue weighted by molar-refractivity contribution is 0.632. The van der Waals surface area contributed by atoms with E-state index in [1.54, 1.807) is 6.92 Å². The Morgan fingerprint density at radius 2 is 2.29 bits per heavy atom. The fourth-order valence-corrected chi connectivity index (χ4v) is 1.17. The van der Waals surface area contributed by atoms with Crippen molar-refractivity contribution in [3.8, 4) is 0 Å². The highest BCUT2D eigenvalue weighted by Gasteiger charge is 2.06. The maximum atomic E-state index is 11.5. The summed E-state index contributed by atoms with van der Waals surface area (Å²) in [5.41, 5.74) is 1.77. The summed E-state index contributed by atoms with van der Waals surface area (Å²) in [6, 6.07) is 0. The zero-order valence-electron chi connectivity index (χ0n) is 7.30. The van der Waals surface area contributed by atoms with Crippen LogP contribution in [0.25, 0.3) is 0 Å². The van der Waals surface area contributed by atoms with Crippen LogP contribution in [0.1, 0.15) is 6.92 Å². The largest absolute Gasteiger partial charge is 0.287 e. The molecule has 6 heteroatoms. The summed E-state index contributed by atoms with van der Waals surface area (Å²) in [6.07, 6.45) is 1.33. The number of hydrogen-bond acceptors (Lipinski definition) is 2. The minimum atomic E-state index is -0.419. The second-order valence-electron chi connectivity index (χ2n) is 2.72. The van der Waals surface area contributed by atoms with Gasteiger partial charge in [-0.1, -0.05) is 34.8 Å². The number of nitrogens with zero attached hydrogens (tertiary/aromatic N) is 2. The zero-order chi connectivity index (χ0) is 10.7. The van der Waals surface area contributed by atoms with Gasteiger partial charge in [0, 0.05) is 5.54 Å². The minimum Gasteiger partial charge on any atom is -0.266 e. The van der Waals surface area contributed by atoms with Gasteiger partial charge < -0.3 is 0 Å². The molecule has 0 aliphatic carbocycles. The van der Waals surface area contributed by atoms with Crippen LogP contribution in [0, 0.1) is 0 Å². The molecule has 0 aliphatic heterocycles. The summed E-state index contributed by atoms with van der Waals surface area (Å²) in [7, 11) is 0. The molecule has 0 spiro atoms. The molecule has 0 aliphatic rings. The highest BCUT2D eigenvalue weighted by atomic mass is 35.5. The predicted octanol–water partition coefficient (Wildman–Crippen LogP) is 2.69. The summed E-state index contributed by atoms with van der Waals surface area (Å²) in [4.78, 5) is 11.5. The van der Waals surface area contributed by atoms with Gasteiger partial charge in [0.05, 0.1) is 17.8 Å². The van der Waals surface area contributed by atoms with Crippen molar-refractivity contribution in [2.45, 2.75) is 13.5 Å². The summed E-state index contributed by atoms with van der Waals surface area (Å²) in [5, 5.41) is 3.94. The molecule has 1 aromatic rings. The fourth-order valence-electron chi connectivity index (χ4n) is 0.828.